The van der Waals surface area contributed by atoms with Crippen LogP contribution in [0, 0.1) is 18.8 Å². The fourth-order valence-corrected chi connectivity index (χ4v) is 3.87. The fraction of sp³-hybridized carbons (Fsp3) is 0.381. The number of fused-ring (bicyclic) bond motifs is 3. The van der Waals surface area contributed by atoms with E-state index in [-0.39, 0.29) is 0 Å². The second kappa shape index (κ2) is 5.66. The third-order valence-corrected chi connectivity index (χ3v) is 5.13. The molecule has 0 saturated carbocycles. The predicted octanol–water partition coefficient (Wildman–Crippen LogP) is 5.67. The number of aromatic nitrogens is 1. The minimum atomic E-state index is 0.442. The number of furan rings is 1. The molecule has 3 heterocycles. The maximum Gasteiger partial charge on any atom is 0.160 e. The van der Waals surface area contributed by atoms with Crippen LogP contribution in [0.5, 0.6) is 0 Å². The van der Waals surface area contributed by atoms with Crippen LogP contribution in [-0.2, 0) is 0 Å². The number of rotatable bonds is 3. The molecule has 2 aromatic heterocycles. The summed E-state index contributed by atoms with van der Waals surface area (Å²) in [7, 11) is 0. The maximum absolute atomic E-state index is 6.20. The molecular weight excluding hydrogens is 296 g/mol. The first kappa shape index (κ1) is 15.3. The molecule has 1 aromatic carbocycles. The topological polar surface area (TPSA) is 29.3 Å². The number of hydrogen-bond acceptors (Lipinski definition) is 3. The van der Waals surface area contributed by atoms with E-state index in [1.165, 1.54) is 17.7 Å². The molecule has 0 radical (unpaired) electrons. The molecule has 1 aliphatic heterocycles. The molecule has 4 rings (SSSR count). The highest BCUT2D eigenvalue weighted by molar-refractivity contribution is 6.07. The van der Waals surface area contributed by atoms with Gasteiger partial charge in [-0.25, -0.2) is 0 Å². The zero-order valence-electron chi connectivity index (χ0n) is 14.8. The molecule has 0 saturated heterocycles. The van der Waals surface area contributed by atoms with Gasteiger partial charge in [0.05, 0.1) is 5.69 Å². The number of aryl methyl sites for hydroxylation is 1. The van der Waals surface area contributed by atoms with Gasteiger partial charge in [-0.2, -0.15) is 0 Å². The Kier molecular flexibility index (Phi) is 3.60. The smallest absolute Gasteiger partial charge is 0.160 e. The summed E-state index contributed by atoms with van der Waals surface area (Å²) in [4.78, 5) is 6.89. The Morgan fingerprint density at radius 2 is 2.08 bits per heavy atom. The predicted molar refractivity (Wildman–Crippen MR) is 100 cm³/mol. The van der Waals surface area contributed by atoms with Gasteiger partial charge in [-0.05, 0) is 55.9 Å². The number of hydrogen-bond donors (Lipinski definition) is 0. The molecule has 3 nitrogen and oxygen atoms in total. The van der Waals surface area contributed by atoms with Crippen LogP contribution in [0.1, 0.15) is 32.8 Å². The molecule has 1 unspecified atom stereocenters. The minimum absolute atomic E-state index is 0.442. The third-order valence-electron chi connectivity index (χ3n) is 5.13. The van der Waals surface area contributed by atoms with Crippen LogP contribution in [-0.4, -0.2) is 11.0 Å². The van der Waals surface area contributed by atoms with Crippen molar-refractivity contribution in [1.29, 1.82) is 0 Å². The van der Waals surface area contributed by atoms with Crippen molar-refractivity contribution < 1.29 is 4.42 Å². The first-order valence-electron chi connectivity index (χ1n) is 8.79. The molecule has 3 heteroatoms. The van der Waals surface area contributed by atoms with Crippen LogP contribution < -0.4 is 4.90 Å². The number of nitrogens with zero attached hydrogens (tertiary/aromatic N) is 2. The Labute approximate surface area is 143 Å². The summed E-state index contributed by atoms with van der Waals surface area (Å²) in [6, 6.07) is 8.67. The van der Waals surface area contributed by atoms with E-state index in [0.29, 0.717) is 17.9 Å². The van der Waals surface area contributed by atoms with Crippen molar-refractivity contribution in [3.63, 3.8) is 0 Å². The molecule has 124 valence electrons. The molecular formula is C21H24N2O. The third kappa shape index (κ3) is 2.31. The normalized spacial score (nSPS) is 20.8. The largest absolute Gasteiger partial charge is 0.452 e. The molecule has 3 aromatic rings. The maximum atomic E-state index is 6.20. The second-order valence-corrected chi connectivity index (χ2v) is 7.34. The van der Waals surface area contributed by atoms with Gasteiger partial charge in [-0.1, -0.05) is 26.0 Å². The highest BCUT2D eigenvalue weighted by Gasteiger charge is 2.29. The summed E-state index contributed by atoms with van der Waals surface area (Å²) in [5.41, 5.74) is 5.17. The van der Waals surface area contributed by atoms with Crippen molar-refractivity contribution in [2.75, 3.05) is 4.90 Å². The Balaban J connectivity index is 1.85. The van der Waals surface area contributed by atoms with Crippen molar-refractivity contribution in [3.05, 3.63) is 48.3 Å². The zero-order chi connectivity index (χ0) is 16.8. The summed E-state index contributed by atoms with van der Waals surface area (Å²) in [5.74, 6) is 1.29. The van der Waals surface area contributed by atoms with E-state index in [1.54, 1.807) is 0 Å². The van der Waals surface area contributed by atoms with E-state index in [1.807, 2.05) is 18.3 Å². The SMILES string of the molecule is Cc1ccc2c(oc3cccnc32)c1N1C=CC(CC(C)C)[C@@H]1C. The van der Waals surface area contributed by atoms with E-state index in [0.717, 1.165) is 22.1 Å². The van der Waals surface area contributed by atoms with Crippen LogP contribution in [0.4, 0.5) is 5.69 Å². The monoisotopic (exact) mass is 320 g/mol. The van der Waals surface area contributed by atoms with Gasteiger partial charge in [0.25, 0.3) is 0 Å². The lowest BCUT2D eigenvalue weighted by Gasteiger charge is -2.28. The van der Waals surface area contributed by atoms with Crippen LogP contribution in [0.15, 0.2) is 47.2 Å². The van der Waals surface area contributed by atoms with Crippen LogP contribution in [0.25, 0.3) is 22.1 Å². The Bertz CT molecular complexity index is 922. The van der Waals surface area contributed by atoms with E-state index in [9.17, 15) is 0 Å². The van der Waals surface area contributed by atoms with E-state index in [2.05, 4.69) is 62.0 Å². The van der Waals surface area contributed by atoms with Crippen molar-refractivity contribution in [2.24, 2.45) is 11.8 Å². The molecule has 0 bridgehead atoms. The molecule has 1 aliphatic rings. The standard InChI is InChI=1S/C21H24N2O/c1-13(2)12-16-9-11-23(15(16)4)20-14(3)7-8-17-19-18(24-21(17)20)6-5-10-22-19/h5-11,13,15-16H,12H2,1-4H3/t15-,16?/m0/s1. The van der Waals surface area contributed by atoms with E-state index < -0.39 is 0 Å². The zero-order valence-corrected chi connectivity index (χ0v) is 14.8. The van der Waals surface area contributed by atoms with Gasteiger partial charge in [0.1, 0.15) is 5.52 Å². The van der Waals surface area contributed by atoms with Crippen LogP contribution >= 0.6 is 0 Å². The quantitative estimate of drug-likeness (QED) is 0.622. The van der Waals surface area contributed by atoms with Gasteiger partial charge in [0.15, 0.2) is 11.2 Å². The first-order chi connectivity index (χ1) is 11.6. The van der Waals surface area contributed by atoms with E-state index >= 15 is 0 Å². The minimum Gasteiger partial charge on any atom is -0.452 e. The van der Waals surface area contributed by atoms with Gasteiger partial charge in [0.2, 0.25) is 0 Å². The lowest BCUT2D eigenvalue weighted by atomic mass is 9.92. The Hall–Kier alpha value is -2.29. The van der Waals surface area contributed by atoms with Crippen LogP contribution in [0.3, 0.4) is 0 Å². The van der Waals surface area contributed by atoms with Crippen molar-refractivity contribution in [2.45, 2.75) is 40.2 Å². The van der Waals surface area contributed by atoms with Crippen molar-refractivity contribution in [3.8, 4) is 0 Å². The molecule has 0 spiro atoms. The summed E-state index contributed by atoms with van der Waals surface area (Å²) in [6.07, 6.45) is 7.63. The lowest BCUT2D eigenvalue weighted by Crippen LogP contribution is -2.30. The average molecular weight is 320 g/mol. The number of pyridine rings is 1. The molecule has 0 fully saturated rings. The summed E-state index contributed by atoms with van der Waals surface area (Å²) >= 11 is 0. The summed E-state index contributed by atoms with van der Waals surface area (Å²) in [5, 5.41) is 1.10. The molecule has 0 N–H and O–H groups in total. The van der Waals surface area contributed by atoms with E-state index in [4.69, 9.17) is 4.42 Å². The molecule has 0 amide bonds. The summed E-state index contributed by atoms with van der Waals surface area (Å²) in [6.45, 7) is 9.05. The van der Waals surface area contributed by atoms with Gasteiger partial charge >= 0.3 is 0 Å². The molecule has 24 heavy (non-hydrogen) atoms. The fourth-order valence-electron chi connectivity index (χ4n) is 3.87. The van der Waals surface area contributed by atoms with Gasteiger partial charge in [-0.3, -0.25) is 4.98 Å². The van der Waals surface area contributed by atoms with Gasteiger partial charge in [-0.15, -0.1) is 0 Å². The van der Waals surface area contributed by atoms with Gasteiger partial charge in [0, 0.05) is 23.8 Å². The Morgan fingerprint density at radius 3 is 2.88 bits per heavy atom. The summed E-state index contributed by atoms with van der Waals surface area (Å²) < 4.78 is 6.20. The highest BCUT2D eigenvalue weighted by atomic mass is 16.3. The van der Waals surface area contributed by atoms with Gasteiger partial charge < -0.3 is 9.32 Å². The Morgan fingerprint density at radius 1 is 1.25 bits per heavy atom. The number of anilines is 1. The van der Waals surface area contributed by atoms with Crippen molar-refractivity contribution >= 4 is 27.8 Å². The first-order valence-corrected chi connectivity index (χ1v) is 8.79. The molecule has 0 aliphatic carbocycles. The molecule has 2 atom stereocenters. The lowest BCUT2D eigenvalue weighted by molar-refractivity contribution is 0.436. The highest BCUT2D eigenvalue weighted by Crippen LogP contribution is 2.40. The van der Waals surface area contributed by atoms with Crippen LogP contribution in [0.2, 0.25) is 0 Å². The number of benzene rings is 1. The van der Waals surface area contributed by atoms with Crippen molar-refractivity contribution in [1.82, 2.24) is 4.98 Å². The second-order valence-electron chi connectivity index (χ2n) is 7.34. The average Bonchev–Trinajstić information content (AvgIpc) is 3.09.